The number of rotatable bonds is 9. The summed E-state index contributed by atoms with van der Waals surface area (Å²) in [6, 6.07) is 21.2. The highest BCUT2D eigenvalue weighted by atomic mass is 32.2. The van der Waals surface area contributed by atoms with Crippen LogP contribution in [-0.4, -0.2) is 35.6 Å². The largest absolute Gasteiger partial charge is 0.378 e. The molecular formula is C28H36N2O2S. The lowest BCUT2D eigenvalue weighted by Gasteiger charge is -2.26. The first kappa shape index (κ1) is 24.8. The van der Waals surface area contributed by atoms with Gasteiger partial charge in [-0.1, -0.05) is 48.9 Å². The molecule has 33 heavy (non-hydrogen) atoms. The highest BCUT2D eigenvalue weighted by Gasteiger charge is 2.31. The zero-order valence-electron chi connectivity index (χ0n) is 20.7. The number of hydrogen-bond donors (Lipinski definition) is 0. The second-order valence-corrected chi connectivity index (χ2v) is 10.7. The molecule has 176 valence electrons. The van der Waals surface area contributed by atoms with E-state index in [0.29, 0.717) is 4.90 Å². The fourth-order valence-electron chi connectivity index (χ4n) is 4.29. The molecule has 5 heteroatoms. The second kappa shape index (κ2) is 10.4. The molecule has 3 aromatic rings. The third kappa shape index (κ3) is 5.25. The summed E-state index contributed by atoms with van der Waals surface area (Å²) in [6.45, 7) is 10.2. The molecule has 0 bridgehead atoms. The van der Waals surface area contributed by atoms with Crippen LogP contribution in [-0.2, 0) is 16.3 Å². The molecule has 0 fully saturated rings. The Bertz CT molecular complexity index is 1160. The van der Waals surface area contributed by atoms with Gasteiger partial charge in [-0.2, -0.15) is 0 Å². The van der Waals surface area contributed by atoms with E-state index in [1.54, 1.807) is 12.1 Å². The minimum absolute atomic E-state index is 0.348. The number of anilines is 2. The zero-order valence-corrected chi connectivity index (χ0v) is 21.5. The van der Waals surface area contributed by atoms with E-state index in [2.05, 4.69) is 37.8 Å². The van der Waals surface area contributed by atoms with Crippen molar-refractivity contribution in [2.24, 2.45) is 0 Å². The Kier molecular flexibility index (Phi) is 7.85. The Morgan fingerprint density at radius 2 is 1.36 bits per heavy atom. The quantitative estimate of drug-likeness (QED) is 0.387. The summed E-state index contributed by atoms with van der Waals surface area (Å²) >= 11 is 0. The van der Waals surface area contributed by atoms with E-state index >= 15 is 0 Å². The lowest BCUT2D eigenvalue weighted by atomic mass is 9.99. The van der Waals surface area contributed by atoms with Crippen molar-refractivity contribution in [1.82, 2.24) is 0 Å². The van der Waals surface area contributed by atoms with Gasteiger partial charge in [-0.05, 0) is 74.2 Å². The first-order valence-corrected chi connectivity index (χ1v) is 13.2. The van der Waals surface area contributed by atoms with Gasteiger partial charge in [0.25, 0.3) is 0 Å². The number of hydrogen-bond acceptors (Lipinski definition) is 4. The minimum Gasteiger partial charge on any atom is -0.378 e. The van der Waals surface area contributed by atoms with Crippen molar-refractivity contribution in [3.63, 3.8) is 0 Å². The highest BCUT2D eigenvalue weighted by molar-refractivity contribution is 7.91. The van der Waals surface area contributed by atoms with E-state index in [9.17, 15) is 8.42 Å². The first-order valence-electron chi connectivity index (χ1n) is 11.7. The molecule has 0 spiro atoms. The zero-order chi connectivity index (χ0) is 24.2. The molecule has 3 rings (SSSR count). The third-order valence-electron chi connectivity index (χ3n) is 6.26. The average molecular weight is 465 g/mol. The maximum atomic E-state index is 14.0. The van der Waals surface area contributed by atoms with Crippen LogP contribution in [0.3, 0.4) is 0 Å². The molecule has 0 heterocycles. The molecule has 0 saturated heterocycles. The molecular weight excluding hydrogens is 428 g/mol. The summed E-state index contributed by atoms with van der Waals surface area (Å²) < 4.78 is 27.9. The standard InChI is InChI=1S/C28H36N2O2S/c1-7-22-20-24(14-19-27(22)30(8-2)9-3)28(23-12-15-25(16-13-23)29(5)6)33(31,32)26-17-10-21(4)11-18-26/h10-20,28H,7-9H2,1-6H3. The minimum atomic E-state index is -3.65. The van der Waals surface area contributed by atoms with Gasteiger partial charge in [-0.25, -0.2) is 8.42 Å². The summed E-state index contributed by atoms with van der Waals surface area (Å²) in [7, 11) is 0.309. The van der Waals surface area contributed by atoms with Crippen LogP contribution in [0.25, 0.3) is 0 Å². The summed E-state index contributed by atoms with van der Waals surface area (Å²) in [5, 5.41) is -0.771. The van der Waals surface area contributed by atoms with Crippen LogP contribution in [0.2, 0.25) is 0 Å². The van der Waals surface area contributed by atoms with E-state index in [1.807, 2.05) is 68.4 Å². The van der Waals surface area contributed by atoms with E-state index in [-0.39, 0.29) is 0 Å². The van der Waals surface area contributed by atoms with E-state index in [1.165, 1.54) is 11.3 Å². The van der Waals surface area contributed by atoms with Gasteiger partial charge in [-0.15, -0.1) is 0 Å². The SMILES string of the molecule is CCc1cc(C(c2ccc(N(C)C)cc2)S(=O)(=O)c2ccc(C)cc2)ccc1N(CC)CC. The Labute approximate surface area is 199 Å². The number of sulfone groups is 1. The maximum Gasteiger partial charge on any atom is 0.189 e. The fourth-order valence-corrected chi connectivity index (χ4v) is 6.09. The summed E-state index contributed by atoms with van der Waals surface area (Å²) in [5.74, 6) is 0. The van der Waals surface area contributed by atoms with E-state index in [4.69, 9.17) is 0 Å². The van der Waals surface area contributed by atoms with Crippen molar-refractivity contribution in [1.29, 1.82) is 0 Å². The van der Waals surface area contributed by atoms with Crippen molar-refractivity contribution in [3.05, 3.63) is 89.0 Å². The topological polar surface area (TPSA) is 40.6 Å². The van der Waals surface area contributed by atoms with Crippen LogP contribution >= 0.6 is 0 Å². The van der Waals surface area contributed by atoms with Gasteiger partial charge in [-0.3, -0.25) is 0 Å². The molecule has 1 atom stereocenters. The lowest BCUT2D eigenvalue weighted by molar-refractivity contribution is 0.589. The normalized spacial score (nSPS) is 12.4. The predicted octanol–water partition coefficient (Wildman–Crippen LogP) is 6.03. The van der Waals surface area contributed by atoms with Gasteiger partial charge in [0.2, 0.25) is 0 Å². The Balaban J connectivity index is 2.20. The summed E-state index contributed by atoms with van der Waals surface area (Å²) in [5.41, 5.74) is 6.01. The molecule has 0 amide bonds. The van der Waals surface area contributed by atoms with Crippen molar-refractivity contribution in [2.45, 2.75) is 44.3 Å². The van der Waals surface area contributed by atoms with Gasteiger partial charge in [0, 0.05) is 38.6 Å². The highest BCUT2D eigenvalue weighted by Crippen LogP contribution is 2.38. The van der Waals surface area contributed by atoms with Crippen molar-refractivity contribution >= 4 is 21.2 Å². The van der Waals surface area contributed by atoms with Crippen molar-refractivity contribution in [3.8, 4) is 0 Å². The average Bonchev–Trinajstić information content (AvgIpc) is 2.81. The number of aryl methyl sites for hydroxylation is 2. The van der Waals surface area contributed by atoms with Gasteiger partial charge < -0.3 is 9.80 Å². The van der Waals surface area contributed by atoms with E-state index < -0.39 is 15.1 Å². The molecule has 3 aromatic carbocycles. The maximum absolute atomic E-state index is 14.0. The molecule has 0 aliphatic rings. The van der Waals surface area contributed by atoms with Crippen LogP contribution in [0.4, 0.5) is 11.4 Å². The van der Waals surface area contributed by atoms with Gasteiger partial charge in [0.05, 0.1) is 4.90 Å². The predicted molar refractivity (Wildman–Crippen MR) is 140 cm³/mol. The molecule has 0 radical (unpaired) electrons. The molecule has 0 aromatic heterocycles. The molecule has 0 aliphatic carbocycles. The first-order chi connectivity index (χ1) is 15.7. The van der Waals surface area contributed by atoms with Crippen LogP contribution < -0.4 is 9.80 Å². The third-order valence-corrected chi connectivity index (χ3v) is 8.36. The van der Waals surface area contributed by atoms with Crippen LogP contribution in [0.5, 0.6) is 0 Å². The molecule has 1 unspecified atom stereocenters. The van der Waals surface area contributed by atoms with Crippen molar-refractivity contribution in [2.75, 3.05) is 37.0 Å². The Hall–Kier alpha value is -2.79. The van der Waals surface area contributed by atoms with Crippen molar-refractivity contribution < 1.29 is 8.42 Å². The summed E-state index contributed by atoms with van der Waals surface area (Å²) in [6.07, 6.45) is 0.844. The molecule has 0 saturated carbocycles. The Morgan fingerprint density at radius 1 is 0.788 bits per heavy atom. The van der Waals surface area contributed by atoms with Gasteiger partial charge in [0.1, 0.15) is 5.25 Å². The van der Waals surface area contributed by atoms with E-state index in [0.717, 1.165) is 41.9 Å². The molecule has 0 aliphatic heterocycles. The van der Waals surface area contributed by atoms with Gasteiger partial charge in [0.15, 0.2) is 9.84 Å². The summed E-state index contributed by atoms with van der Waals surface area (Å²) in [4.78, 5) is 4.68. The second-order valence-electron chi connectivity index (χ2n) is 8.64. The lowest BCUT2D eigenvalue weighted by Crippen LogP contribution is -2.23. The number of benzene rings is 3. The Morgan fingerprint density at radius 3 is 1.88 bits per heavy atom. The van der Waals surface area contributed by atoms with Crippen LogP contribution in [0, 0.1) is 6.92 Å². The number of nitrogens with zero attached hydrogens (tertiary/aromatic N) is 2. The smallest absolute Gasteiger partial charge is 0.189 e. The van der Waals surface area contributed by atoms with Crippen LogP contribution in [0.1, 0.15) is 48.3 Å². The van der Waals surface area contributed by atoms with Crippen LogP contribution in [0.15, 0.2) is 71.6 Å². The fraction of sp³-hybridized carbons (Fsp3) is 0.357. The molecule has 4 nitrogen and oxygen atoms in total. The molecule has 0 N–H and O–H groups in total. The van der Waals surface area contributed by atoms with Gasteiger partial charge >= 0.3 is 0 Å². The monoisotopic (exact) mass is 464 g/mol.